The highest BCUT2D eigenvalue weighted by Gasteiger charge is 2.16. The summed E-state index contributed by atoms with van der Waals surface area (Å²) < 4.78 is 28.0. The molecule has 0 heterocycles. The summed E-state index contributed by atoms with van der Waals surface area (Å²) in [5, 5.41) is 0. The van der Waals surface area contributed by atoms with Gasteiger partial charge in [-0.2, -0.15) is 0 Å². The molecule has 0 saturated heterocycles. The second-order valence-corrected chi connectivity index (χ2v) is 4.19. The van der Waals surface area contributed by atoms with Crippen molar-refractivity contribution in [2.24, 2.45) is 0 Å². The predicted molar refractivity (Wildman–Crippen MR) is 45.1 cm³/mol. The number of rotatable bonds is 6. The second-order valence-electron chi connectivity index (χ2n) is 2.11. The molecule has 74 valence electrons. The Morgan fingerprint density at radius 1 is 1.42 bits per heavy atom. The van der Waals surface area contributed by atoms with Crippen LogP contribution < -0.4 is 0 Å². The van der Waals surface area contributed by atoms with E-state index in [2.05, 4.69) is 4.84 Å². The summed E-state index contributed by atoms with van der Waals surface area (Å²) in [6.45, 7) is 2.53. The van der Waals surface area contributed by atoms with E-state index < -0.39 is 10.0 Å². The second kappa shape index (κ2) is 5.47. The fourth-order valence-electron chi connectivity index (χ4n) is 0.551. The lowest BCUT2D eigenvalue weighted by Gasteiger charge is -2.13. The van der Waals surface area contributed by atoms with Gasteiger partial charge in [0, 0.05) is 13.7 Å². The molecule has 0 saturated carbocycles. The van der Waals surface area contributed by atoms with Gasteiger partial charge in [0.15, 0.2) is 0 Å². The molecule has 0 radical (unpaired) electrons. The van der Waals surface area contributed by atoms with Crippen LogP contribution in [0, 0.1) is 0 Å². The number of ether oxygens (including phenoxy) is 1. The quantitative estimate of drug-likeness (QED) is 0.439. The van der Waals surface area contributed by atoms with Crippen molar-refractivity contribution in [3.63, 3.8) is 0 Å². The molecule has 0 aromatic carbocycles. The predicted octanol–water partition coefficient (Wildman–Crippen LogP) is -0.154. The Kier molecular flexibility index (Phi) is 5.39. The third kappa shape index (κ3) is 4.01. The maximum Gasteiger partial charge on any atom is 0.238 e. The first-order valence-corrected chi connectivity index (χ1v) is 5.24. The summed E-state index contributed by atoms with van der Waals surface area (Å²) in [5.41, 5.74) is 0. The Morgan fingerprint density at radius 2 is 2.00 bits per heavy atom. The van der Waals surface area contributed by atoms with Crippen molar-refractivity contribution < 1.29 is 18.0 Å². The van der Waals surface area contributed by atoms with Crippen molar-refractivity contribution in [2.45, 2.75) is 6.92 Å². The van der Waals surface area contributed by atoms with Crippen LogP contribution in [-0.2, 0) is 19.6 Å². The van der Waals surface area contributed by atoms with Gasteiger partial charge in [0.1, 0.15) is 0 Å². The molecule has 0 N–H and O–H groups in total. The molecule has 12 heavy (non-hydrogen) atoms. The summed E-state index contributed by atoms with van der Waals surface area (Å²) in [6, 6.07) is 0. The van der Waals surface area contributed by atoms with Crippen LogP contribution in [-0.4, -0.2) is 46.0 Å². The van der Waals surface area contributed by atoms with E-state index in [4.69, 9.17) is 4.74 Å². The molecule has 5 nitrogen and oxygen atoms in total. The maximum absolute atomic E-state index is 11.2. The van der Waals surface area contributed by atoms with E-state index in [1.54, 1.807) is 0 Å². The van der Waals surface area contributed by atoms with E-state index in [1.165, 1.54) is 14.2 Å². The third-order valence-electron chi connectivity index (χ3n) is 1.34. The molecule has 0 amide bonds. The topological polar surface area (TPSA) is 55.8 Å². The number of nitrogens with zero attached hydrogens (tertiary/aromatic N) is 1. The lowest BCUT2D eigenvalue weighted by Crippen LogP contribution is -2.29. The molecule has 6 heteroatoms. The van der Waals surface area contributed by atoms with Crippen molar-refractivity contribution in [3.8, 4) is 0 Å². The molecule has 0 bridgehead atoms. The molecular formula is C6H15NO4S. The first-order valence-electron chi connectivity index (χ1n) is 3.63. The van der Waals surface area contributed by atoms with Gasteiger partial charge < -0.3 is 4.74 Å². The van der Waals surface area contributed by atoms with Gasteiger partial charge in [-0.1, -0.05) is 4.47 Å². The smallest absolute Gasteiger partial charge is 0.238 e. The maximum atomic E-state index is 11.2. The van der Waals surface area contributed by atoms with Gasteiger partial charge in [-0.05, 0) is 6.92 Å². The first kappa shape index (κ1) is 11.8. The summed E-state index contributed by atoms with van der Waals surface area (Å²) in [6.07, 6.45) is 0. The molecular weight excluding hydrogens is 182 g/mol. The minimum absolute atomic E-state index is 0.0504. The van der Waals surface area contributed by atoms with Crippen molar-refractivity contribution in [2.75, 3.05) is 33.1 Å². The van der Waals surface area contributed by atoms with E-state index in [0.29, 0.717) is 6.61 Å². The molecule has 0 spiro atoms. The monoisotopic (exact) mass is 197 g/mol. The van der Waals surface area contributed by atoms with Gasteiger partial charge in [-0.25, -0.2) is 8.42 Å². The van der Waals surface area contributed by atoms with Crippen molar-refractivity contribution in [1.82, 2.24) is 4.47 Å². The van der Waals surface area contributed by atoms with Crippen LogP contribution in [0.15, 0.2) is 0 Å². The summed E-state index contributed by atoms with van der Waals surface area (Å²) in [5.74, 6) is -0.0504. The van der Waals surface area contributed by atoms with Crippen LogP contribution in [0.25, 0.3) is 0 Å². The van der Waals surface area contributed by atoms with Crippen LogP contribution in [0.3, 0.4) is 0 Å². The molecule has 0 aliphatic rings. The van der Waals surface area contributed by atoms with Gasteiger partial charge in [-0.15, -0.1) is 0 Å². The first-order chi connectivity index (χ1) is 5.54. The highest BCUT2D eigenvalue weighted by atomic mass is 32.2. The molecule has 0 aliphatic carbocycles. The van der Waals surface area contributed by atoms with Crippen molar-refractivity contribution >= 4 is 10.0 Å². The SMILES string of the molecule is CCOCCS(=O)(=O)N(C)OC. The summed E-state index contributed by atoms with van der Waals surface area (Å²) >= 11 is 0. The highest BCUT2D eigenvalue weighted by molar-refractivity contribution is 7.88. The van der Waals surface area contributed by atoms with Crippen LogP contribution in [0.2, 0.25) is 0 Å². The van der Waals surface area contributed by atoms with Gasteiger partial charge >= 0.3 is 0 Å². The van der Waals surface area contributed by atoms with Gasteiger partial charge in [-0.3, -0.25) is 4.84 Å². The fourth-order valence-corrected chi connectivity index (χ4v) is 1.36. The average molecular weight is 197 g/mol. The van der Waals surface area contributed by atoms with E-state index >= 15 is 0 Å². The Morgan fingerprint density at radius 3 is 2.42 bits per heavy atom. The van der Waals surface area contributed by atoms with Crippen LogP contribution in [0.5, 0.6) is 0 Å². The molecule has 0 aromatic rings. The van der Waals surface area contributed by atoms with Crippen LogP contribution >= 0.6 is 0 Å². The molecule has 0 atom stereocenters. The molecule has 0 aliphatic heterocycles. The third-order valence-corrected chi connectivity index (χ3v) is 2.95. The number of hydrogen-bond acceptors (Lipinski definition) is 4. The summed E-state index contributed by atoms with van der Waals surface area (Å²) in [4.78, 5) is 4.54. The normalized spacial score (nSPS) is 12.3. The number of hydrogen-bond donors (Lipinski definition) is 0. The Bertz CT molecular complexity index is 202. The highest BCUT2D eigenvalue weighted by Crippen LogP contribution is 1.97. The lowest BCUT2D eigenvalue weighted by atomic mass is 10.8. The minimum Gasteiger partial charge on any atom is -0.381 e. The molecule has 0 fully saturated rings. The van der Waals surface area contributed by atoms with Crippen molar-refractivity contribution in [3.05, 3.63) is 0 Å². The zero-order valence-electron chi connectivity index (χ0n) is 7.61. The van der Waals surface area contributed by atoms with Gasteiger partial charge in [0.05, 0.1) is 19.5 Å². The Hall–Kier alpha value is -0.170. The Balaban J connectivity index is 3.88. The lowest BCUT2D eigenvalue weighted by molar-refractivity contribution is -0.0263. The molecule has 0 aromatic heterocycles. The standard InChI is InChI=1S/C6H15NO4S/c1-4-11-5-6-12(8,9)7(2)10-3/h4-6H2,1-3H3. The van der Waals surface area contributed by atoms with Crippen LogP contribution in [0.1, 0.15) is 6.92 Å². The van der Waals surface area contributed by atoms with E-state index in [-0.39, 0.29) is 12.4 Å². The van der Waals surface area contributed by atoms with E-state index in [9.17, 15) is 8.42 Å². The molecule has 0 unspecified atom stereocenters. The summed E-state index contributed by atoms with van der Waals surface area (Å²) in [7, 11) is -0.644. The molecule has 0 rings (SSSR count). The zero-order chi connectivity index (χ0) is 9.61. The van der Waals surface area contributed by atoms with Crippen LogP contribution in [0.4, 0.5) is 0 Å². The minimum atomic E-state index is -3.30. The van der Waals surface area contributed by atoms with Crippen molar-refractivity contribution in [1.29, 1.82) is 0 Å². The number of sulfonamides is 1. The average Bonchev–Trinajstić information content (AvgIpc) is 2.03. The van der Waals surface area contributed by atoms with Gasteiger partial charge in [0.2, 0.25) is 10.0 Å². The Labute approximate surface area is 73.3 Å². The van der Waals surface area contributed by atoms with E-state index in [0.717, 1.165) is 4.47 Å². The van der Waals surface area contributed by atoms with E-state index in [1.807, 2.05) is 6.92 Å². The fraction of sp³-hybridized carbons (Fsp3) is 1.00. The largest absolute Gasteiger partial charge is 0.381 e. The van der Waals surface area contributed by atoms with Gasteiger partial charge in [0.25, 0.3) is 0 Å². The zero-order valence-corrected chi connectivity index (χ0v) is 8.43. The number of hydroxylamine groups is 1.